The van der Waals surface area contributed by atoms with Crippen molar-refractivity contribution in [1.29, 1.82) is 0 Å². The van der Waals surface area contributed by atoms with Gasteiger partial charge in [-0.15, -0.1) is 0 Å². The fraction of sp³-hybridized carbons (Fsp3) is 0. The summed E-state index contributed by atoms with van der Waals surface area (Å²) in [4.78, 5) is 2.60. The van der Waals surface area contributed by atoms with E-state index >= 15 is 0 Å². The first kappa shape index (κ1) is 6.47. The maximum atomic E-state index is 10.1. The van der Waals surface area contributed by atoms with Crippen LogP contribution < -0.4 is 22.1 Å². The number of H-pyrrole nitrogens is 1. The second-order valence-corrected chi connectivity index (χ2v) is 1.82. The van der Waals surface area contributed by atoms with E-state index in [0.29, 0.717) is 5.69 Å². The highest BCUT2D eigenvalue weighted by Crippen LogP contribution is 2.02. The number of aromatic amines is 1. The summed E-state index contributed by atoms with van der Waals surface area (Å²) in [6, 6.07) is 1.58. The van der Waals surface area contributed by atoms with Gasteiger partial charge in [-0.05, 0) is 0 Å². The van der Waals surface area contributed by atoms with Crippen LogP contribution in [0.1, 0.15) is 0 Å². The number of anilines is 2. The van der Waals surface area contributed by atoms with E-state index in [1.807, 2.05) is 0 Å². The maximum Gasteiger partial charge on any atom is 0.300 e. The molecule has 1 aromatic heterocycles. The zero-order valence-electron chi connectivity index (χ0n) is 5.22. The maximum absolute atomic E-state index is 10.1. The standard InChI is InChI=1S/C5H8N4O/c6-3-1-2-8-5(9-10)4(3)7/h1-2,8-9H,6-7H2. The van der Waals surface area contributed by atoms with Crippen molar-refractivity contribution in [3.8, 4) is 0 Å². The summed E-state index contributed by atoms with van der Waals surface area (Å²) in [5.74, 6) is 0. The van der Waals surface area contributed by atoms with Crippen LogP contribution in [0, 0.1) is 5.21 Å². The van der Waals surface area contributed by atoms with Crippen molar-refractivity contribution in [2.45, 2.75) is 0 Å². The Labute approximate surface area is 57.0 Å². The number of hydrogen-bond donors (Lipinski definition) is 4. The largest absolute Gasteiger partial charge is 0.717 e. The molecule has 0 bridgehead atoms. The minimum Gasteiger partial charge on any atom is -0.717 e. The van der Waals surface area contributed by atoms with Crippen LogP contribution in [0.5, 0.6) is 0 Å². The summed E-state index contributed by atoms with van der Waals surface area (Å²) in [6.07, 6.45) is 1.53. The van der Waals surface area contributed by atoms with Crippen molar-refractivity contribution < 1.29 is 5.16 Å². The molecule has 0 radical (unpaired) electrons. The van der Waals surface area contributed by atoms with E-state index in [9.17, 15) is 5.21 Å². The molecule has 1 heterocycles. The van der Waals surface area contributed by atoms with Gasteiger partial charge in [0.15, 0.2) is 0 Å². The van der Waals surface area contributed by atoms with Crippen LogP contribution in [-0.2, 0) is 0 Å². The fourth-order valence-corrected chi connectivity index (χ4v) is 0.611. The van der Waals surface area contributed by atoms with Gasteiger partial charge >= 0.3 is 5.49 Å². The number of nitrogens with one attached hydrogen (secondary N) is 2. The molecule has 6 N–H and O–H groups in total. The van der Waals surface area contributed by atoms with Crippen LogP contribution >= 0.6 is 0 Å². The quantitative estimate of drug-likeness (QED) is 0.303. The van der Waals surface area contributed by atoms with Crippen molar-refractivity contribution in [2.24, 2.45) is 0 Å². The van der Waals surface area contributed by atoms with E-state index < -0.39 is 0 Å². The molecule has 0 saturated carbocycles. The third-order valence-electron chi connectivity index (χ3n) is 1.17. The van der Waals surface area contributed by atoms with Gasteiger partial charge in [-0.25, -0.2) is 4.98 Å². The lowest BCUT2D eigenvalue weighted by Crippen LogP contribution is -2.71. The van der Waals surface area contributed by atoms with Gasteiger partial charge in [0, 0.05) is 6.07 Å². The Hall–Kier alpha value is -1.65. The molecule has 0 aliphatic heterocycles. The zero-order chi connectivity index (χ0) is 7.56. The van der Waals surface area contributed by atoms with Crippen molar-refractivity contribution >= 4 is 11.4 Å². The van der Waals surface area contributed by atoms with Crippen LogP contribution in [0.3, 0.4) is 0 Å². The Bertz CT molecular complexity index is 290. The third kappa shape index (κ3) is 0.883. The molecule has 0 amide bonds. The molecule has 5 nitrogen and oxygen atoms in total. The molecule has 0 spiro atoms. The number of hydrogen-bond acceptors (Lipinski definition) is 3. The van der Waals surface area contributed by atoms with Crippen molar-refractivity contribution in [1.82, 2.24) is 4.98 Å². The molecule has 1 aromatic rings. The van der Waals surface area contributed by atoms with Gasteiger partial charge in [0.05, 0.1) is 11.9 Å². The molecule has 0 saturated heterocycles. The van der Waals surface area contributed by atoms with E-state index in [-0.39, 0.29) is 11.2 Å². The first-order chi connectivity index (χ1) is 4.75. The molecule has 0 unspecified atom stereocenters. The summed E-state index contributed by atoms with van der Waals surface area (Å²) in [7, 11) is 0. The highest BCUT2D eigenvalue weighted by molar-refractivity contribution is 5.59. The summed E-state index contributed by atoms with van der Waals surface area (Å²) in [5, 5.41) is 11.7. The summed E-state index contributed by atoms with van der Waals surface area (Å²) in [5.41, 5.74) is 11.6. The summed E-state index contributed by atoms with van der Waals surface area (Å²) < 4.78 is 0. The number of rotatable bonds is 0. The normalized spacial score (nSPS) is 11.8. The van der Waals surface area contributed by atoms with E-state index in [0.717, 1.165) is 0 Å². The first-order valence-corrected chi connectivity index (χ1v) is 2.69. The Morgan fingerprint density at radius 2 is 2.20 bits per heavy atom. The molecule has 0 fully saturated rings. The van der Waals surface area contributed by atoms with Gasteiger partial charge in [-0.3, -0.25) is 5.16 Å². The smallest absolute Gasteiger partial charge is 0.300 e. The van der Waals surface area contributed by atoms with Crippen LogP contribution in [0.4, 0.5) is 11.4 Å². The predicted molar refractivity (Wildman–Crippen MR) is 37.1 cm³/mol. The topological polar surface area (TPSA) is 105 Å². The molecule has 5 heteroatoms. The average Bonchev–Trinajstić information content (AvgIpc) is 1.95. The van der Waals surface area contributed by atoms with E-state index in [4.69, 9.17) is 11.5 Å². The van der Waals surface area contributed by atoms with Gasteiger partial charge in [-0.1, -0.05) is 0 Å². The molecule has 0 aliphatic rings. The molecular formula is C5H8N4O. The monoisotopic (exact) mass is 140 g/mol. The predicted octanol–water partition coefficient (Wildman–Crippen LogP) is -2.34. The van der Waals surface area contributed by atoms with E-state index in [2.05, 4.69) is 4.98 Å². The zero-order valence-corrected chi connectivity index (χ0v) is 5.22. The molecule has 10 heavy (non-hydrogen) atoms. The molecule has 1 rings (SSSR count). The second-order valence-electron chi connectivity index (χ2n) is 1.82. The lowest BCUT2D eigenvalue weighted by molar-refractivity contribution is -0.424. The van der Waals surface area contributed by atoms with Gasteiger partial charge in [0.1, 0.15) is 5.69 Å². The fourth-order valence-electron chi connectivity index (χ4n) is 0.611. The van der Waals surface area contributed by atoms with Crippen LogP contribution in [0.2, 0.25) is 0 Å². The van der Waals surface area contributed by atoms with Gasteiger partial charge < -0.3 is 16.7 Å². The van der Waals surface area contributed by atoms with Gasteiger partial charge in [0.2, 0.25) is 0 Å². The van der Waals surface area contributed by atoms with Crippen LogP contribution in [0.15, 0.2) is 12.3 Å². The molecular weight excluding hydrogens is 132 g/mol. The SMILES string of the molecule is Nc1cc[nH]c(=[NH+][O-])c1N. The van der Waals surface area contributed by atoms with Crippen molar-refractivity contribution in [3.05, 3.63) is 23.0 Å². The molecule has 0 aliphatic carbocycles. The summed E-state index contributed by atoms with van der Waals surface area (Å²) in [6.45, 7) is 0. The first-order valence-electron chi connectivity index (χ1n) is 2.69. The highest BCUT2D eigenvalue weighted by atomic mass is 16.4. The number of nitrogen functional groups attached to an aromatic ring is 2. The summed E-state index contributed by atoms with van der Waals surface area (Å²) >= 11 is 0. The van der Waals surface area contributed by atoms with Crippen LogP contribution in [-0.4, -0.2) is 4.98 Å². The Kier molecular flexibility index (Phi) is 1.49. The van der Waals surface area contributed by atoms with Crippen molar-refractivity contribution in [2.75, 3.05) is 11.5 Å². The van der Waals surface area contributed by atoms with Gasteiger partial charge in [-0.2, -0.15) is 0 Å². The van der Waals surface area contributed by atoms with E-state index in [1.54, 1.807) is 11.2 Å². The minimum absolute atomic E-state index is 0.194. The lowest BCUT2D eigenvalue weighted by atomic mass is 10.3. The Balaban J connectivity index is 3.43. The third-order valence-corrected chi connectivity index (χ3v) is 1.17. The Morgan fingerprint density at radius 1 is 1.50 bits per heavy atom. The number of pyridine rings is 1. The average molecular weight is 140 g/mol. The van der Waals surface area contributed by atoms with Crippen molar-refractivity contribution in [3.63, 3.8) is 0 Å². The second kappa shape index (κ2) is 2.30. The number of nitrogens with two attached hydrogens (primary N) is 2. The lowest BCUT2D eigenvalue weighted by Gasteiger charge is -1.94. The minimum atomic E-state index is 0.194. The molecule has 0 aromatic carbocycles. The molecule has 54 valence electrons. The van der Waals surface area contributed by atoms with Crippen LogP contribution in [0.25, 0.3) is 0 Å². The van der Waals surface area contributed by atoms with Gasteiger partial charge in [0.25, 0.3) is 0 Å². The molecule has 0 atom stereocenters. The highest BCUT2D eigenvalue weighted by Gasteiger charge is 1.97. The number of aromatic nitrogens is 1. The van der Waals surface area contributed by atoms with E-state index in [1.165, 1.54) is 6.20 Å². The Morgan fingerprint density at radius 3 is 2.70 bits per heavy atom.